The second-order valence-corrected chi connectivity index (χ2v) is 15.8. The second kappa shape index (κ2) is 27.7. The highest BCUT2D eigenvalue weighted by Gasteiger charge is 2.06. The van der Waals surface area contributed by atoms with E-state index in [9.17, 15) is 0 Å². The predicted octanol–water partition coefficient (Wildman–Crippen LogP) is 15.5. The number of rotatable bonds is 30. The van der Waals surface area contributed by atoms with Crippen LogP contribution in [0.5, 0.6) is 0 Å². The molecule has 0 saturated heterocycles. The van der Waals surface area contributed by atoms with E-state index in [-0.39, 0.29) is 0 Å². The van der Waals surface area contributed by atoms with Crippen LogP contribution in [0.1, 0.15) is 153 Å². The van der Waals surface area contributed by atoms with Gasteiger partial charge in [-0.25, -0.2) is 0 Å². The summed E-state index contributed by atoms with van der Waals surface area (Å²) in [7, 11) is 0. The maximum Gasteiger partial charge on any atom is 0.0425 e. The normalized spacial score (nSPS) is 11.2. The van der Waals surface area contributed by atoms with Crippen molar-refractivity contribution < 1.29 is 0 Å². The first kappa shape index (κ1) is 40.4. The molecule has 0 atom stereocenters. The Hall–Kier alpha value is -2.04. The zero-order valence-electron chi connectivity index (χ0n) is 30.7. The van der Waals surface area contributed by atoms with Crippen LogP contribution in [0.3, 0.4) is 0 Å². The van der Waals surface area contributed by atoms with Gasteiger partial charge in [0.2, 0.25) is 0 Å². The van der Waals surface area contributed by atoms with Crippen molar-refractivity contribution in [1.29, 1.82) is 0 Å². The molecule has 0 aliphatic carbocycles. The Bertz CT molecular complexity index is 1090. The molecule has 0 fully saturated rings. The van der Waals surface area contributed by atoms with Crippen LogP contribution in [0, 0.1) is 0 Å². The van der Waals surface area contributed by atoms with E-state index in [4.69, 9.17) is 0 Å². The Morgan fingerprint density at radius 2 is 0.688 bits per heavy atom. The largest absolute Gasteiger partial charge is 0.355 e. The molecule has 4 heteroatoms. The van der Waals surface area contributed by atoms with Crippen LogP contribution >= 0.6 is 23.5 Å². The molecule has 2 N–H and O–H groups in total. The molecule has 0 aliphatic heterocycles. The van der Waals surface area contributed by atoms with E-state index >= 15 is 0 Å². The van der Waals surface area contributed by atoms with Gasteiger partial charge in [0.25, 0.3) is 0 Å². The Kier molecular flexibility index (Phi) is 23.3. The van der Waals surface area contributed by atoms with E-state index in [0.29, 0.717) is 0 Å². The average Bonchev–Trinajstić information content (AvgIpc) is 3.11. The molecule has 266 valence electrons. The number of anilines is 4. The van der Waals surface area contributed by atoms with Crippen molar-refractivity contribution >= 4 is 46.3 Å². The highest BCUT2D eigenvalue weighted by atomic mass is 32.2. The van der Waals surface area contributed by atoms with E-state index in [0.717, 1.165) is 22.9 Å². The van der Waals surface area contributed by atoms with Crippen molar-refractivity contribution in [3.63, 3.8) is 0 Å². The van der Waals surface area contributed by atoms with Gasteiger partial charge in [-0.1, -0.05) is 166 Å². The lowest BCUT2D eigenvalue weighted by Crippen LogP contribution is -1.97. The lowest BCUT2D eigenvalue weighted by Gasteiger charge is -2.14. The highest BCUT2D eigenvalue weighted by Crippen LogP contribution is 2.29. The maximum atomic E-state index is 3.69. The molecule has 0 heterocycles. The summed E-state index contributed by atoms with van der Waals surface area (Å²) in [5.74, 6) is 4.64. The molecule has 0 unspecified atom stereocenters. The zero-order chi connectivity index (χ0) is 33.7. The highest BCUT2D eigenvalue weighted by molar-refractivity contribution is 7.98. The first-order valence-corrected chi connectivity index (χ1v) is 22.1. The number of para-hydroxylation sites is 2. The fraction of sp³-hybridized carbons (Fsp3) is 0.591. The molecule has 3 rings (SSSR count). The Balaban J connectivity index is 1.32. The summed E-state index contributed by atoms with van der Waals surface area (Å²) in [6.07, 6.45) is 28.1. The topological polar surface area (TPSA) is 24.1 Å². The minimum absolute atomic E-state index is 1.06. The summed E-state index contributed by atoms with van der Waals surface area (Å²) < 4.78 is 0. The molecule has 2 nitrogen and oxygen atoms in total. The number of hydrogen-bond donors (Lipinski definition) is 2. The molecule has 0 bridgehead atoms. The van der Waals surface area contributed by atoms with Crippen LogP contribution in [0.4, 0.5) is 22.7 Å². The molecule has 3 aromatic carbocycles. The predicted molar refractivity (Wildman–Crippen MR) is 222 cm³/mol. The third-order valence-electron chi connectivity index (χ3n) is 9.28. The number of unbranched alkanes of at least 4 members (excludes halogenated alkanes) is 18. The standard InChI is InChI=1S/C44H68N2S2/c1-3-5-7-9-11-13-15-17-19-25-35-47-37-39-27-21-23-29-43(39)45-41-31-33-42(34-32-41)46-44-30-24-22-28-40(44)38-48-36-26-20-18-16-14-12-10-8-6-4-2/h21-24,27-34,45-46H,3-20,25-26,35-38H2,1-2H3. The minimum atomic E-state index is 1.06. The van der Waals surface area contributed by atoms with Gasteiger partial charge in [0.1, 0.15) is 0 Å². The minimum Gasteiger partial charge on any atom is -0.355 e. The average molecular weight is 689 g/mol. The summed E-state index contributed by atoms with van der Waals surface area (Å²) in [5.41, 5.74) is 7.49. The fourth-order valence-electron chi connectivity index (χ4n) is 6.23. The number of benzene rings is 3. The molecule has 0 saturated carbocycles. The van der Waals surface area contributed by atoms with Gasteiger partial charge in [-0.15, -0.1) is 0 Å². The van der Waals surface area contributed by atoms with Crippen molar-refractivity contribution in [3.8, 4) is 0 Å². The Morgan fingerprint density at radius 3 is 1.04 bits per heavy atom. The van der Waals surface area contributed by atoms with E-state index in [1.165, 1.54) is 162 Å². The summed E-state index contributed by atoms with van der Waals surface area (Å²) in [5, 5.41) is 7.38. The SMILES string of the molecule is CCCCCCCCCCCCSCc1ccccc1Nc1ccc(Nc2ccccc2CSCCCCCCCCCCCC)cc1. The molecule has 0 radical (unpaired) electrons. The first-order chi connectivity index (χ1) is 23.8. The number of hydrogen-bond acceptors (Lipinski definition) is 4. The van der Waals surface area contributed by atoms with Crippen LogP contribution in [-0.2, 0) is 11.5 Å². The lowest BCUT2D eigenvalue weighted by atomic mass is 10.1. The van der Waals surface area contributed by atoms with Gasteiger partial charge in [0.05, 0.1) is 0 Å². The quantitative estimate of drug-likeness (QED) is 0.0681. The van der Waals surface area contributed by atoms with Crippen molar-refractivity contribution in [3.05, 3.63) is 83.9 Å². The molecule has 48 heavy (non-hydrogen) atoms. The van der Waals surface area contributed by atoms with Crippen molar-refractivity contribution in [2.45, 2.75) is 154 Å². The summed E-state index contributed by atoms with van der Waals surface area (Å²) in [4.78, 5) is 0. The van der Waals surface area contributed by atoms with Crippen LogP contribution < -0.4 is 10.6 Å². The van der Waals surface area contributed by atoms with Crippen LogP contribution in [0.2, 0.25) is 0 Å². The van der Waals surface area contributed by atoms with Crippen molar-refractivity contribution in [2.24, 2.45) is 0 Å². The van der Waals surface area contributed by atoms with Crippen LogP contribution in [0.15, 0.2) is 72.8 Å². The molecule has 3 aromatic rings. The van der Waals surface area contributed by atoms with Crippen LogP contribution in [0.25, 0.3) is 0 Å². The third kappa shape index (κ3) is 18.6. The molecule has 0 spiro atoms. The molecular formula is C44H68N2S2. The fourth-order valence-corrected chi connectivity index (χ4v) is 8.28. The lowest BCUT2D eigenvalue weighted by molar-refractivity contribution is 0.563. The van der Waals surface area contributed by atoms with Crippen molar-refractivity contribution in [2.75, 3.05) is 22.1 Å². The van der Waals surface area contributed by atoms with E-state index < -0.39 is 0 Å². The van der Waals surface area contributed by atoms with Gasteiger partial charge >= 0.3 is 0 Å². The van der Waals surface area contributed by atoms with Gasteiger partial charge in [0.15, 0.2) is 0 Å². The summed E-state index contributed by atoms with van der Waals surface area (Å²) >= 11 is 4.15. The Morgan fingerprint density at radius 1 is 0.375 bits per heavy atom. The molecular weight excluding hydrogens is 621 g/mol. The molecule has 0 amide bonds. The maximum absolute atomic E-state index is 3.69. The van der Waals surface area contributed by atoms with Crippen LogP contribution in [-0.4, -0.2) is 11.5 Å². The summed E-state index contributed by atoms with van der Waals surface area (Å²) in [6, 6.07) is 26.4. The Labute approximate surface area is 304 Å². The summed E-state index contributed by atoms with van der Waals surface area (Å²) in [6.45, 7) is 4.59. The first-order valence-electron chi connectivity index (χ1n) is 19.8. The van der Waals surface area contributed by atoms with E-state index in [1.54, 1.807) is 0 Å². The van der Waals surface area contributed by atoms with E-state index in [2.05, 4.69) is 121 Å². The van der Waals surface area contributed by atoms with Gasteiger partial charge < -0.3 is 10.6 Å². The second-order valence-electron chi connectivity index (χ2n) is 13.6. The number of thioether (sulfide) groups is 2. The van der Waals surface area contributed by atoms with E-state index in [1.807, 2.05) is 0 Å². The monoisotopic (exact) mass is 688 g/mol. The van der Waals surface area contributed by atoms with Gasteiger partial charge in [-0.2, -0.15) is 23.5 Å². The van der Waals surface area contributed by atoms with Gasteiger partial charge in [-0.3, -0.25) is 0 Å². The zero-order valence-corrected chi connectivity index (χ0v) is 32.3. The van der Waals surface area contributed by atoms with Gasteiger partial charge in [-0.05, 0) is 71.9 Å². The van der Waals surface area contributed by atoms with Gasteiger partial charge in [0, 0.05) is 34.3 Å². The third-order valence-corrected chi connectivity index (χ3v) is 11.5. The smallest absolute Gasteiger partial charge is 0.0425 e. The molecule has 0 aromatic heterocycles. The number of nitrogens with one attached hydrogen (secondary N) is 2. The molecule has 0 aliphatic rings. The van der Waals surface area contributed by atoms with Crippen molar-refractivity contribution in [1.82, 2.24) is 0 Å².